The van der Waals surface area contributed by atoms with Crippen LogP contribution in [-0.2, 0) is 31.6 Å². The first-order valence-corrected chi connectivity index (χ1v) is 9.56. The van der Waals surface area contributed by atoms with Gasteiger partial charge in [0.1, 0.15) is 0 Å². The molecule has 0 radical (unpaired) electrons. The molecule has 1 aliphatic heterocycles. The lowest BCUT2D eigenvalue weighted by Crippen LogP contribution is -2.35. The molecule has 0 saturated carbocycles. The maximum absolute atomic E-state index is 13.3. The quantitative estimate of drug-likeness (QED) is 0.712. The van der Waals surface area contributed by atoms with Crippen molar-refractivity contribution in [2.75, 3.05) is 26.3 Å². The average Bonchev–Trinajstić information content (AvgIpc) is 2.67. The number of nitrogens with zero attached hydrogens (tertiary/aromatic N) is 1. The number of hydrogen-bond acceptors (Lipinski definition) is 4. The molecule has 1 aliphatic rings. The van der Waals surface area contributed by atoms with E-state index in [0.717, 1.165) is 11.1 Å². The fourth-order valence-corrected chi connectivity index (χ4v) is 4.14. The van der Waals surface area contributed by atoms with Gasteiger partial charge in [0.05, 0.1) is 26.4 Å². The zero-order valence-corrected chi connectivity index (χ0v) is 14.4. The van der Waals surface area contributed by atoms with Crippen LogP contribution in [0.2, 0.25) is 0 Å². The molecule has 24 heavy (non-hydrogen) atoms. The van der Waals surface area contributed by atoms with Crippen LogP contribution in [0.3, 0.4) is 0 Å². The van der Waals surface area contributed by atoms with E-state index in [4.69, 9.17) is 13.8 Å². The number of morpholine rings is 1. The standard InChI is InChI=1S/C18H22NO4P/c20-24(19-11-13-21-14-12-19,22-15-17-7-3-1-4-8-17)23-16-18-9-5-2-6-10-18/h1-10H,11-16H2. The predicted molar refractivity (Wildman–Crippen MR) is 92.5 cm³/mol. The van der Waals surface area contributed by atoms with Crippen molar-refractivity contribution in [3.8, 4) is 0 Å². The van der Waals surface area contributed by atoms with Gasteiger partial charge < -0.3 is 4.74 Å². The first-order valence-electron chi connectivity index (χ1n) is 8.06. The Morgan fingerprint density at radius 3 is 1.75 bits per heavy atom. The minimum atomic E-state index is -3.37. The van der Waals surface area contributed by atoms with E-state index in [1.807, 2.05) is 60.7 Å². The average molecular weight is 347 g/mol. The predicted octanol–water partition coefficient (Wildman–Crippen LogP) is 3.86. The van der Waals surface area contributed by atoms with Crippen LogP contribution < -0.4 is 0 Å². The molecule has 6 heteroatoms. The minimum absolute atomic E-state index is 0.254. The monoisotopic (exact) mass is 347 g/mol. The molecule has 0 aliphatic carbocycles. The summed E-state index contributed by atoms with van der Waals surface area (Å²) in [7, 11) is -3.37. The Bertz CT molecular complexity index is 612. The van der Waals surface area contributed by atoms with Gasteiger partial charge in [-0.25, -0.2) is 9.24 Å². The smallest absolute Gasteiger partial charge is 0.379 e. The van der Waals surface area contributed by atoms with E-state index < -0.39 is 7.75 Å². The van der Waals surface area contributed by atoms with Gasteiger partial charge in [0.15, 0.2) is 0 Å². The zero-order valence-electron chi connectivity index (χ0n) is 13.5. The van der Waals surface area contributed by atoms with Gasteiger partial charge in [-0.05, 0) is 11.1 Å². The number of rotatable bonds is 7. The molecule has 0 spiro atoms. The molecule has 0 aromatic heterocycles. The fourth-order valence-electron chi connectivity index (χ4n) is 2.46. The van der Waals surface area contributed by atoms with Crippen LogP contribution in [0.1, 0.15) is 11.1 Å². The molecular weight excluding hydrogens is 325 g/mol. The summed E-state index contributed by atoms with van der Waals surface area (Å²) in [5, 5.41) is 0. The van der Waals surface area contributed by atoms with Gasteiger partial charge in [-0.15, -0.1) is 0 Å². The van der Waals surface area contributed by atoms with E-state index >= 15 is 0 Å². The second-order valence-corrected chi connectivity index (χ2v) is 7.57. The summed E-state index contributed by atoms with van der Waals surface area (Å²) in [5.41, 5.74) is 1.93. The lowest BCUT2D eigenvalue weighted by atomic mass is 10.2. The maximum atomic E-state index is 13.3. The first-order chi connectivity index (χ1) is 11.8. The molecule has 0 atom stereocenters. The van der Waals surface area contributed by atoms with Crippen LogP contribution in [0.25, 0.3) is 0 Å². The van der Waals surface area contributed by atoms with E-state index in [0.29, 0.717) is 26.3 Å². The Morgan fingerprint density at radius 2 is 1.29 bits per heavy atom. The molecule has 1 fully saturated rings. The molecule has 128 valence electrons. The third-order valence-electron chi connectivity index (χ3n) is 3.81. The summed E-state index contributed by atoms with van der Waals surface area (Å²) >= 11 is 0. The molecule has 5 nitrogen and oxygen atoms in total. The number of ether oxygens (including phenoxy) is 1. The van der Waals surface area contributed by atoms with Crippen molar-refractivity contribution in [3.05, 3.63) is 71.8 Å². The molecule has 0 amide bonds. The van der Waals surface area contributed by atoms with Gasteiger partial charge in [0.25, 0.3) is 0 Å². The highest BCUT2D eigenvalue weighted by Crippen LogP contribution is 2.53. The molecular formula is C18H22NO4P. The van der Waals surface area contributed by atoms with E-state index in [1.165, 1.54) is 0 Å². The van der Waals surface area contributed by atoms with Gasteiger partial charge in [-0.2, -0.15) is 0 Å². The second kappa shape index (κ2) is 8.56. The van der Waals surface area contributed by atoms with Gasteiger partial charge in [-0.1, -0.05) is 60.7 Å². The van der Waals surface area contributed by atoms with Gasteiger partial charge in [-0.3, -0.25) is 9.05 Å². The molecule has 0 bridgehead atoms. The second-order valence-electron chi connectivity index (χ2n) is 5.55. The summed E-state index contributed by atoms with van der Waals surface area (Å²) in [5.74, 6) is 0. The van der Waals surface area contributed by atoms with Crippen LogP contribution >= 0.6 is 7.75 Å². The number of benzene rings is 2. The molecule has 1 saturated heterocycles. The van der Waals surface area contributed by atoms with Gasteiger partial charge in [0.2, 0.25) is 0 Å². The van der Waals surface area contributed by atoms with Crippen LogP contribution in [0.15, 0.2) is 60.7 Å². The Balaban J connectivity index is 1.68. The summed E-state index contributed by atoms with van der Waals surface area (Å²) in [6, 6.07) is 19.4. The van der Waals surface area contributed by atoms with Crippen LogP contribution in [0, 0.1) is 0 Å². The molecule has 0 unspecified atom stereocenters. The highest BCUT2D eigenvalue weighted by molar-refractivity contribution is 7.51. The lowest BCUT2D eigenvalue weighted by molar-refractivity contribution is 0.0471. The van der Waals surface area contributed by atoms with Crippen LogP contribution in [-0.4, -0.2) is 31.0 Å². The Kier molecular flexibility index (Phi) is 6.18. The minimum Gasteiger partial charge on any atom is -0.379 e. The lowest BCUT2D eigenvalue weighted by Gasteiger charge is -2.32. The summed E-state index contributed by atoms with van der Waals surface area (Å²) in [4.78, 5) is 0. The van der Waals surface area contributed by atoms with E-state index in [1.54, 1.807) is 4.67 Å². The van der Waals surface area contributed by atoms with Crippen LogP contribution in [0.4, 0.5) is 0 Å². The topological polar surface area (TPSA) is 48.0 Å². The molecule has 2 aromatic carbocycles. The van der Waals surface area contributed by atoms with E-state index in [-0.39, 0.29) is 13.2 Å². The molecule has 2 aromatic rings. The normalized spacial score (nSPS) is 16.2. The van der Waals surface area contributed by atoms with E-state index in [2.05, 4.69) is 0 Å². The van der Waals surface area contributed by atoms with Crippen molar-refractivity contribution in [1.29, 1.82) is 0 Å². The highest BCUT2D eigenvalue weighted by atomic mass is 31.2. The fraction of sp³-hybridized carbons (Fsp3) is 0.333. The Morgan fingerprint density at radius 1 is 0.833 bits per heavy atom. The van der Waals surface area contributed by atoms with Crippen molar-refractivity contribution < 1.29 is 18.3 Å². The summed E-state index contributed by atoms with van der Waals surface area (Å²) < 4.78 is 32.0. The van der Waals surface area contributed by atoms with Crippen molar-refractivity contribution in [2.24, 2.45) is 0 Å². The van der Waals surface area contributed by atoms with E-state index in [9.17, 15) is 4.57 Å². The van der Waals surface area contributed by atoms with Gasteiger partial charge >= 0.3 is 7.75 Å². The first kappa shape index (κ1) is 17.3. The zero-order chi connectivity index (χ0) is 16.7. The largest absolute Gasteiger partial charge is 0.408 e. The number of hydrogen-bond donors (Lipinski definition) is 0. The van der Waals surface area contributed by atoms with Crippen molar-refractivity contribution in [1.82, 2.24) is 4.67 Å². The molecule has 3 rings (SSSR count). The third kappa shape index (κ3) is 4.76. The highest BCUT2D eigenvalue weighted by Gasteiger charge is 2.35. The molecule has 0 N–H and O–H groups in total. The van der Waals surface area contributed by atoms with Gasteiger partial charge in [0, 0.05) is 13.1 Å². The van der Waals surface area contributed by atoms with Crippen molar-refractivity contribution >= 4 is 7.75 Å². The Labute approximate surface area is 142 Å². The SMILES string of the molecule is O=P(OCc1ccccc1)(OCc1ccccc1)N1CCOCC1. The third-order valence-corrected chi connectivity index (χ3v) is 5.81. The van der Waals surface area contributed by atoms with Crippen LogP contribution in [0.5, 0.6) is 0 Å². The Hall–Kier alpha value is -1.49. The summed E-state index contributed by atoms with van der Waals surface area (Å²) in [6.07, 6.45) is 0. The van der Waals surface area contributed by atoms with Crippen molar-refractivity contribution in [3.63, 3.8) is 0 Å². The molecule has 1 heterocycles. The summed E-state index contributed by atoms with van der Waals surface area (Å²) in [6.45, 7) is 2.66. The maximum Gasteiger partial charge on any atom is 0.408 e. The van der Waals surface area contributed by atoms with Crippen molar-refractivity contribution in [2.45, 2.75) is 13.2 Å².